The minimum atomic E-state index is 0.0691. The van der Waals surface area contributed by atoms with Gasteiger partial charge in [0.2, 0.25) is 0 Å². The van der Waals surface area contributed by atoms with Gasteiger partial charge in [-0.15, -0.1) is 11.3 Å². The maximum atomic E-state index is 12.4. The van der Waals surface area contributed by atoms with Crippen molar-refractivity contribution >= 4 is 17.2 Å². The van der Waals surface area contributed by atoms with Gasteiger partial charge in [0, 0.05) is 25.6 Å². The summed E-state index contributed by atoms with van der Waals surface area (Å²) >= 11 is 1.49. The number of hydrogen-bond donors (Lipinski definition) is 0. The molecule has 21 heavy (non-hydrogen) atoms. The molecular formula is C15H25N3O2S. The first-order valence-corrected chi connectivity index (χ1v) is 8.35. The van der Waals surface area contributed by atoms with E-state index in [1.165, 1.54) is 17.8 Å². The fourth-order valence-corrected chi connectivity index (χ4v) is 3.36. The third-order valence-electron chi connectivity index (χ3n) is 3.92. The summed E-state index contributed by atoms with van der Waals surface area (Å²) in [6.07, 6.45) is 3.44. The zero-order valence-corrected chi connectivity index (χ0v) is 14.0. The first-order chi connectivity index (χ1) is 10.1. The third kappa shape index (κ3) is 4.76. The monoisotopic (exact) mass is 311 g/mol. The second-order valence-corrected chi connectivity index (χ2v) is 6.83. The molecule has 0 N–H and O–H groups in total. The number of methoxy groups -OCH3 is 1. The highest BCUT2D eigenvalue weighted by molar-refractivity contribution is 7.09. The molecule has 0 spiro atoms. The Morgan fingerprint density at radius 1 is 1.48 bits per heavy atom. The summed E-state index contributed by atoms with van der Waals surface area (Å²) in [6.45, 7) is 3.32. The Morgan fingerprint density at radius 2 is 2.19 bits per heavy atom. The van der Waals surface area contributed by atoms with Gasteiger partial charge in [-0.3, -0.25) is 4.79 Å². The first-order valence-electron chi connectivity index (χ1n) is 7.47. The highest BCUT2D eigenvalue weighted by Gasteiger charge is 2.24. The fraction of sp³-hybridized carbons (Fsp3) is 0.733. The lowest BCUT2D eigenvalue weighted by atomic mass is 9.93. The summed E-state index contributed by atoms with van der Waals surface area (Å²) < 4.78 is 5.05. The molecule has 118 valence electrons. The number of piperidine rings is 1. The molecule has 1 aliphatic heterocycles. The van der Waals surface area contributed by atoms with Crippen LogP contribution in [0, 0.1) is 5.92 Å². The zero-order valence-electron chi connectivity index (χ0n) is 13.2. The summed E-state index contributed by atoms with van der Waals surface area (Å²) in [5, 5.41) is 2.70. The van der Waals surface area contributed by atoms with Crippen LogP contribution in [0.25, 0.3) is 0 Å². The predicted molar refractivity (Wildman–Crippen MR) is 84.6 cm³/mol. The highest BCUT2D eigenvalue weighted by atomic mass is 32.1. The van der Waals surface area contributed by atoms with Crippen LogP contribution in [0.15, 0.2) is 5.38 Å². The summed E-state index contributed by atoms with van der Waals surface area (Å²) in [4.78, 5) is 20.9. The van der Waals surface area contributed by atoms with Crippen molar-refractivity contribution in [2.45, 2.75) is 25.9 Å². The Morgan fingerprint density at radius 3 is 2.81 bits per heavy atom. The smallest absolute Gasteiger partial charge is 0.273 e. The molecule has 1 saturated heterocycles. The molecule has 0 bridgehead atoms. The lowest BCUT2D eigenvalue weighted by Crippen LogP contribution is -2.39. The average molecular weight is 311 g/mol. The van der Waals surface area contributed by atoms with Gasteiger partial charge in [0.05, 0.1) is 6.61 Å². The lowest BCUT2D eigenvalue weighted by Gasteiger charge is -2.32. The second kappa shape index (κ2) is 7.87. The van der Waals surface area contributed by atoms with Crippen molar-refractivity contribution in [1.82, 2.24) is 14.8 Å². The number of carbonyl (C=O) groups excluding carboxylic acids is 1. The normalized spacial score (nSPS) is 16.7. The molecule has 6 heteroatoms. The van der Waals surface area contributed by atoms with Crippen molar-refractivity contribution in [3.8, 4) is 0 Å². The van der Waals surface area contributed by atoms with Gasteiger partial charge < -0.3 is 14.5 Å². The number of carbonyl (C=O) groups is 1. The molecule has 5 nitrogen and oxygen atoms in total. The number of likely N-dealkylation sites (tertiary alicyclic amines) is 1. The van der Waals surface area contributed by atoms with Crippen molar-refractivity contribution in [2.75, 3.05) is 40.8 Å². The molecule has 0 saturated carbocycles. The van der Waals surface area contributed by atoms with Gasteiger partial charge in [-0.05, 0) is 45.8 Å². The van der Waals surface area contributed by atoms with Crippen LogP contribution in [0.5, 0.6) is 0 Å². The van der Waals surface area contributed by atoms with E-state index in [-0.39, 0.29) is 5.91 Å². The van der Waals surface area contributed by atoms with Gasteiger partial charge in [-0.25, -0.2) is 4.98 Å². The molecule has 0 radical (unpaired) electrons. The van der Waals surface area contributed by atoms with E-state index in [4.69, 9.17) is 4.74 Å². The first kappa shape index (κ1) is 16.4. The SMILES string of the molecule is COCc1nc(C(=O)N2CCC(CCN(C)C)CC2)cs1. The van der Waals surface area contributed by atoms with E-state index in [2.05, 4.69) is 24.0 Å². The summed E-state index contributed by atoms with van der Waals surface area (Å²) in [5.41, 5.74) is 0.568. The van der Waals surface area contributed by atoms with E-state index in [1.807, 2.05) is 10.3 Å². The summed E-state index contributed by atoms with van der Waals surface area (Å²) in [7, 11) is 5.86. The molecule has 0 aliphatic carbocycles. The van der Waals surface area contributed by atoms with Gasteiger partial charge in [-0.2, -0.15) is 0 Å². The van der Waals surface area contributed by atoms with Gasteiger partial charge in [0.1, 0.15) is 10.7 Å². The fourth-order valence-electron chi connectivity index (χ4n) is 2.63. The van der Waals surface area contributed by atoms with Crippen LogP contribution in [-0.2, 0) is 11.3 Å². The van der Waals surface area contributed by atoms with Crippen LogP contribution in [0.3, 0.4) is 0 Å². The van der Waals surface area contributed by atoms with Crippen LogP contribution in [-0.4, -0.2) is 61.5 Å². The van der Waals surface area contributed by atoms with Crippen LogP contribution >= 0.6 is 11.3 Å². The molecule has 2 heterocycles. The predicted octanol–water partition coefficient (Wildman–Crippen LogP) is 2.09. The van der Waals surface area contributed by atoms with Gasteiger partial charge in [0.15, 0.2) is 0 Å². The molecule has 0 atom stereocenters. The Kier molecular flexibility index (Phi) is 6.14. The second-order valence-electron chi connectivity index (χ2n) is 5.89. The molecule has 0 aromatic carbocycles. The minimum Gasteiger partial charge on any atom is -0.378 e. The number of ether oxygens (including phenoxy) is 1. The van der Waals surface area contributed by atoms with Crippen molar-refractivity contribution < 1.29 is 9.53 Å². The lowest BCUT2D eigenvalue weighted by molar-refractivity contribution is 0.0677. The van der Waals surface area contributed by atoms with E-state index in [9.17, 15) is 4.79 Å². The van der Waals surface area contributed by atoms with E-state index >= 15 is 0 Å². The number of hydrogen-bond acceptors (Lipinski definition) is 5. The molecule has 2 rings (SSSR count). The van der Waals surface area contributed by atoms with E-state index in [1.54, 1.807) is 7.11 Å². The van der Waals surface area contributed by atoms with Gasteiger partial charge in [0.25, 0.3) is 5.91 Å². The zero-order chi connectivity index (χ0) is 15.2. The van der Waals surface area contributed by atoms with Crippen molar-refractivity contribution in [3.63, 3.8) is 0 Å². The average Bonchev–Trinajstić information content (AvgIpc) is 2.94. The van der Waals surface area contributed by atoms with E-state index in [0.29, 0.717) is 12.3 Å². The molecular weight excluding hydrogens is 286 g/mol. The molecule has 1 aliphatic rings. The Labute approximate surface area is 130 Å². The van der Waals surface area contributed by atoms with Crippen LogP contribution in [0.1, 0.15) is 34.8 Å². The molecule has 1 amide bonds. The largest absolute Gasteiger partial charge is 0.378 e. The molecule has 0 unspecified atom stereocenters. The van der Waals surface area contributed by atoms with E-state index < -0.39 is 0 Å². The number of thiazole rings is 1. The number of aromatic nitrogens is 1. The minimum absolute atomic E-state index is 0.0691. The number of rotatable bonds is 6. The maximum Gasteiger partial charge on any atom is 0.273 e. The number of nitrogens with zero attached hydrogens (tertiary/aromatic N) is 3. The van der Waals surface area contributed by atoms with Crippen LogP contribution in [0.2, 0.25) is 0 Å². The topological polar surface area (TPSA) is 45.7 Å². The number of amides is 1. The molecule has 1 fully saturated rings. The van der Waals surface area contributed by atoms with Crippen molar-refractivity contribution in [1.29, 1.82) is 0 Å². The molecule has 1 aromatic rings. The standard InChI is InChI=1S/C15H25N3O2S/c1-17(2)7-4-12-5-8-18(9-6-12)15(19)13-11-21-14(16-13)10-20-3/h11-12H,4-10H2,1-3H3. The van der Waals surface area contributed by atoms with Crippen LogP contribution < -0.4 is 0 Å². The van der Waals surface area contributed by atoms with Crippen molar-refractivity contribution in [2.24, 2.45) is 5.92 Å². The highest BCUT2D eigenvalue weighted by Crippen LogP contribution is 2.22. The summed E-state index contributed by atoms with van der Waals surface area (Å²) in [6, 6.07) is 0. The van der Waals surface area contributed by atoms with E-state index in [0.717, 1.165) is 43.4 Å². The molecule has 1 aromatic heterocycles. The maximum absolute atomic E-state index is 12.4. The van der Waals surface area contributed by atoms with Crippen LogP contribution in [0.4, 0.5) is 0 Å². The quantitative estimate of drug-likeness (QED) is 0.807. The summed E-state index contributed by atoms with van der Waals surface area (Å²) in [5.74, 6) is 0.815. The Hall–Kier alpha value is -0.980. The van der Waals surface area contributed by atoms with Gasteiger partial charge >= 0.3 is 0 Å². The van der Waals surface area contributed by atoms with Crippen molar-refractivity contribution in [3.05, 3.63) is 16.1 Å². The third-order valence-corrected chi connectivity index (χ3v) is 4.75. The van der Waals surface area contributed by atoms with Gasteiger partial charge in [-0.1, -0.05) is 0 Å². The Bertz CT molecular complexity index is 454. The Balaban J connectivity index is 1.82.